The van der Waals surface area contributed by atoms with Crippen molar-refractivity contribution in [1.29, 1.82) is 0 Å². The van der Waals surface area contributed by atoms with Gasteiger partial charge in [0.05, 0.1) is 13.2 Å². The first kappa shape index (κ1) is 107. The number of nitrogens with zero attached hydrogens (tertiary/aromatic N) is 8. The second-order valence-electron chi connectivity index (χ2n) is 25.7. The topological polar surface area (TPSA) is 203 Å². The lowest BCUT2D eigenvalue weighted by Gasteiger charge is -2.30. The molecule has 622 valence electrons. The van der Waals surface area contributed by atoms with E-state index in [2.05, 4.69) is 85.2 Å². The number of anilines is 3. The summed E-state index contributed by atoms with van der Waals surface area (Å²) in [5.41, 5.74) is 5.98. The number of aliphatic hydroxyl groups excluding tert-OH is 2. The number of carbonyl (C=O) groups excluding carboxylic acids is 8. The Kier molecular flexibility index (Phi) is 63.3. The standard InChI is InChI=1S/C19H37NO.C17H17NO.C15H13NO.C10H11NO.C9H13F4NO.C8H15NO.C7H13NO3.C6H11NO/c1-6-11-13-17(8-3)15-20(19(21)10-5)16-18(9-4)14-12-7-2;1-2-17(19)18(13-15-9-5-3-6-10-15)14-16-11-7-4-8-12-16;1-2-15(17)16(13-9-5-3-6-10-13)14-11-7-4-8-12-14;1-3-10(12)11(2)9-7-5-4-6-8-9;1-2-9(15)14(5-3-7(10)11)6-4-8(12)13;1-5-9(6-2)8(10)7(3)4;1-2-7(11)8(3-5-9)4-6-10;1-5(2)6(8)7(3)4/h10,17-18H,5-9,11-16H2,1-4H3;2-12H,1,13-14H2;2-12H,1H2;3-8H,1H2,2H3;2,7-8H,1,3-6H2;3,5-6H2,1-2,4H3;2,9-10H,1,3-6H2;1H2,2-4H3. The van der Waals surface area contributed by atoms with Gasteiger partial charge in [-0.2, -0.15) is 0 Å². The lowest BCUT2D eigenvalue weighted by atomic mass is 9.95. The van der Waals surface area contributed by atoms with Crippen LogP contribution in [0, 0.1) is 11.8 Å². The van der Waals surface area contributed by atoms with Gasteiger partial charge in [0.25, 0.3) is 5.91 Å². The summed E-state index contributed by atoms with van der Waals surface area (Å²) >= 11 is 0. The van der Waals surface area contributed by atoms with Gasteiger partial charge in [0, 0.05) is 128 Å². The molecular formula is C91H130F4N8O10. The maximum Gasteiger partial charge on any atom is 0.254 e. The number of hydrogen-bond acceptors (Lipinski definition) is 10. The smallest absolute Gasteiger partial charge is 0.254 e. The zero-order valence-corrected chi connectivity index (χ0v) is 69.2. The highest BCUT2D eigenvalue weighted by atomic mass is 19.3. The fourth-order valence-electron chi connectivity index (χ4n) is 10.2. The maximum absolute atomic E-state index is 12.2. The predicted octanol–water partition coefficient (Wildman–Crippen LogP) is 17.6. The Bertz CT molecular complexity index is 3400. The monoisotopic (exact) mass is 1570 g/mol. The Morgan fingerprint density at radius 1 is 0.381 bits per heavy atom. The Labute approximate surface area is 673 Å². The van der Waals surface area contributed by atoms with Crippen molar-refractivity contribution in [1.82, 2.24) is 29.4 Å². The average molecular weight is 1570 g/mol. The van der Waals surface area contributed by atoms with E-state index >= 15 is 0 Å². The third-order valence-electron chi connectivity index (χ3n) is 16.7. The molecule has 8 amide bonds. The number of rotatable bonds is 39. The summed E-state index contributed by atoms with van der Waals surface area (Å²) in [5.74, 6) is 0.283. The molecule has 2 atom stereocenters. The molecule has 0 aliphatic carbocycles. The predicted molar refractivity (Wildman–Crippen MR) is 456 cm³/mol. The van der Waals surface area contributed by atoms with E-state index in [4.69, 9.17) is 10.2 Å². The molecule has 0 aromatic heterocycles. The maximum atomic E-state index is 12.2. The van der Waals surface area contributed by atoms with Crippen molar-refractivity contribution in [3.8, 4) is 0 Å². The normalized spacial score (nSPS) is 10.4. The van der Waals surface area contributed by atoms with Crippen molar-refractivity contribution in [2.75, 3.05) is 96.5 Å². The number of para-hydroxylation sites is 3. The molecule has 0 bridgehead atoms. The molecule has 0 aliphatic rings. The first-order chi connectivity index (χ1) is 53.9. The number of hydrogen-bond donors (Lipinski definition) is 2. The second-order valence-corrected chi connectivity index (χ2v) is 25.7. The van der Waals surface area contributed by atoms with Crippen LogP contribution in [0.25, 0.3) is 0 Å². The molecule has 0 fully saturated rings. The molecule has 0 aliphatic heterocycles. The minimum atomic E-state index is -2.54. The summed E-state index contributed by atoms with van der Waals surface area (Å²) in [5, 5.41) is 17.0. The van der Waals surface area contributed by atoms with Crippen molar-refractivity contribution in [3.63, 3.8) is 0 Å². The molecule has 113 heavy (non-hydrogen) atoms. The highest BCUT2D eigenvalue weighted by molar-refractivity contribution is 6.06. The van der Waals surface area contributed by atoms with Crippen LogP contribution in [-0.4, -0.2) is 186 Å². The molecule has 0 saturated heterocycles. The molecule has 0 saturated carbocycles. The quantitative estimate of drug-likeness (QED) is 0.0281. The number of unbranched alkanes of at least 4 members (excludes halogenated alkanes) is 2. The third-order valence-corrected chi connectivity index (χ3v) is 16.7. The molecule has 2 unspecified atom stereocenters. The van der Waals surface area contributed by atoms with Gasteiger partial charge in [-0.3, -0.25) is 43.3 Å². The van der Waals surface area contributed by atoms with E-state index in [0.717, 1.165) is 84.3 Å². The second kappa shape index (κ2) is 67.1. The number of benzene rings is 5. The van der Waals surface area contributed by atoms with Crippen LogP contribution in [0.3, 0.4) is 0 Å². The van der Waals surface area contributed by atoms with Gasteiger partial charge in [0.1, 0.15) is 0 Å². The Morgan fingerprint density at radius 2 is 0.681 bits per heavy atom. The van der Waals surface area contributed by atoms with E-state index in [1.54, 1.807) is 54.6 Å². The zero-order valence-electron chi connectivity index (χ0n) is 69.2. The van der Waals surface area contributed by atoms with Crippen LogP contribution in [0.5, 0.6) is 0 Å². The highest BCUT2D eigenvalue weighted by Crippen LogP contribution is 2.26. The Hall–Kier alpha value is -10.6. The van der Waals surface area contributed by atoms with E-state index in [-0.39, 0.29) is 80.7 Å². The van der Waals surface area contributed by atoms with Gasteiger partial charge in [-0.25, -0.2) is 17.6 Å². The van der Waals surface area contributed by atoms with Gasteiger partial charge in [0.2, 0.25) is 54.2 Å². The molecule has 5 rings (SSSR count). The fourth-order valence-corrected chi connectivity index (χ4v) is 10.2. The Balaban J connectivity index is -0.00000124. The van der Waals surface area contributed by atoms with Gasteiger partial charge >= 0.3 is 0 Å². The van der Waals surface area contributed by atoms with Crippen LogP contribution >= 0.6 is 0 Å². The summed E-state index contributed by atoms with van der Waals surface area (Å²) in [7, 11) is 5.13. The van der Waals surface area contributed by atoms with Crippen LogP contribution in [0.4, 0.5) is 34.6 Å². The first-order valence-electron chi connectivity index (χ1n) is 38.3. The summed E-state index contributed by atoms with van der Waals surface area (Å²) in [6, 6.07) is 48.5. The van der Waals surface area contributed by atoms with Crippen LogP contribution in [0.2, 0.25) is 0 Å². The lowest BCUT2D eigenvalue weighted by molar-refractivity contribution is -0.128. The van der Waals surface area contributed by atoms with Crippen LogP contribution in [0.1, 0.15) is 131 Å². The van der Waals surface area contributed by atoms with Crippen LogP contribution in [-0.2, 0) is 51.4 Å². The average Bonchev–Trinajstić information content (AvgIpc) is 0.833. The number of carbonyl (C=O) groups is 8. The molecule has 0 radical (unpaired) electrons. The van der Waals surface area contributed by atoms with Crippen molar-refractivity contribution in [3.05, 3.63) is 263 Å². The zero-order chi connectivity index (χ0) is 86.1. The van der Waals surface area contributed by atoms with Crippen molar-refractivity contribution < 1.29 is 66.1 Å². The number of halogens is 4. The van der Waals surface area contributed by atoms with E-state index in [0.29, 0.717) is 36.1 Å². The molecule has 2 N–H and O–H groups in total. The summed E-state index contributed by atoms with van der Waals surface area (Å²) < 4.78 is 47.4. The van der Waals surface area contributed by atoms with Crippen LogP contribution in [0.15, 0.2) is 252 Å². The SMILES string of the molecule is C=C(C)C(=O)N(C)C.C=C(C)C(=O)N(CC)CC.C=CC(=O)N(C)c1ccccc1.C=CC(=O)N(CC(CC)CCCC)CC(CC)CCCC.C=CC(=O)N(CCC(F)F)CCC(F)F.C=CC(=O)N(CCO)CCO.C=CC(=O)N(Cc1ccccc1)Cc1ccccc1.C=CC(=O)N(c1ccccc1)c1ccccc1. The molecule has 22 heteroatoms. The number of alkyl halides is 4. The van der Waals surface area contributed by atoms with E-state index in [1.165, 1.54) is 72.6 Å². The van der Waals surface area contributed by atoms with Gasteiger partial charge < -0.3 is 44.5 Å². The summed E-state index contributed by atoms with van der Waals surface area (Å²) in [6.07, 6.45) is 11.2. The molecule has 5 aromatic rings. The molecule has 0 heterocycles. The summed E-state index contributed by atoms with van der Waals surface area (Å²) in [6.45, 7) is 48.4. The van der Waals surface area contributed by atoms with Crippen molar-refractivity contribution in [2.45, 2.75) is 146 Å². The molecule has 5 aromatic carbocycles. The minimum Gasteiger partial charge on any atom is -0.395 e. The van der Waals surface area contributed by atoms with E-state index < -0.39 is 31.6 Å². The van der Waals surface area contributed by atoms with E-state index in [1.807, 2.05) is 166 Å². The van der Waals surface area contributed by atoms with Gasteiger partial charge in [-0.05, 0) is 136 Å². The molecule has 18 nitrogen and oxygen atoms in total. The lowest BCUT2D eigenvalue weighted by Crippen LogP contribution is -2.37. The van der Waals surface area contributed by atoms with Gasteiger partial charge in [-0.15, -0.1) is 0 Å². The summed E-state index contributed by atoms with van der Waals surface area (Å²) in [4.78, 5) is 103. The number of likely N-dealkylation sites (N-methyl/N-ethyl adjacent to an activating group) is 3. The molecular weight excluding hydrogens is 1440 g/mol. The fraction of sp³-hybridized carbons (Fsp3) is 0.407. The Morgan fingerprint density at radius 3 is 0.938 bits per heavy atom. The van der Waals surface area contributed by atoms with Gasteiger partial charge in [0.15, 0.2) is 0 Å². The number of aliphatic hydroxyl groups is 2. The van der Waals surface area contributed by atoms with Crippen LogP contribution < -0.4 is 9.80 Å². The largest absolute Gasteiger partial charge is 0.395 e. The van der Waals surface area contributed by atoms with Crippen molar-refractivity contribution >= 4 is 64.3 Å². The highest BCUT2D eigenvalue weighted by Gasteiger charge is 2.21. The third kappa shape index (κ3) is 50.1. The van der Waals surface area contributed by atoms with Gasteiger partial charge in [-0.1, -0.05) is 234 Å². The molecule has 0 spiro atoms. The number of amides is 8. The first-order valence-corrected chi connectivity index (χ1v) is 38.3. The van der Waals surface area contributed by atoms with Crippen molar-refractivity contribution in [2.24, 2.45) is 11.8 Å². The minimum absolute atomic E-state index is 0.00926. The van der Waals surface area contributed by atoms with E-state index in [9.17, 15) is 55.9 Å².